The van der Waals surface area contributed by atoms with E-state index in [4.69, 9.17) is 18.0 Å². The third-order valence-electron chi connectivity index (χ3n) is 3.16. The third-order valence-corrected chi connectivity index (χ3v) is 4.38. The zero-order valence-electron chi connectivity index (χ0n) is 9.81. The second kappa shape index (κ2) is 5.14. The van der Waals surface area contributed by atoms with Gasteiger partial charge in [-0.1, -0.05) is 19.1 Å². The molecule has 17 heavy (non-hydrogen) atoms. The summed E-state index contributed by atoms with van der Waals surface area (Å²) in [5, 5.41) is 1.97. The highest BCUT2D eigenvalue weighted by atomic mass is 32.1. The number of aryl methyl sites for hydroxylation is 1. The molecule has 5 heteroatoms. The first kappa shape index (κ1) is 12.5. The van der Waals surface area contributed by atoms with Gasteiger partial charge < -0.3 is 10.6 Å². The van der Waals surface area contributed by atoms with Crippen molar-refractivity contribution in [3.05, 3.63) is 21.9 Å². The SMILES string of the molecule is CCc1ccsc1C(=O)N1CCCC1C(N)=S. The first-order chi connectivity index (χ1) is 8.15. The molecule has 0 aliphatic carbocycles. The molecule has 3 nitrogen and oxygen atoms in total. The summed E-state index contributed by atoms with van der Waals surface area (Å²) >= 11 is 6.54. The predicted molar refractivity (Wildman–Crippen MR) is 74.5 cm³/mol. The van der Waals surface area contributed by atoms with Crippen LogP contribution in [0.4, 0.5) is 0 Å². The van der Waals surface area contributed by atoms with Gasteiger partial charge >= 0.3 is 0 Å². The molecular formula is C12H16N2OS2. The standard InChI is InChI=1S/C12H16N2OS2/c1-2-8-5-7-17-10(8)12(15)14-6-3-4-9(14)11(13)16/h5,7,9H,2-4,6H2,1H3,(H2,13,16). The molecule has 1 aliphatic rings. The average Bonchev–Trinajstić information content (AvgIpc) is 2.96. The first-order valence-electron chi connectivity index (χ1n) is 5.81. The van der Waals surface area contributed by atoms with Crippen molar-refractivity contribution in [2.24, 2.45) is 5.73 Å². The van der Waals surface area contributed by atoms with E-state index in [2.05, 4.69) is 6.92 Å². The molecule has 0 bridgehead atoms. The molecule has 1 unspecified atom stereocenters. The molecule has 1 saturated heterocycles. The Kier molecular flexibility index (Phi) is 3.79. The van der Waals surface area contributed by atoms with E-state index in [0.29, 0.717) is 4.99 Å². The van der Waals surface area contributed by atoms with Crippen LogP contribution < -0.4 is 5.73 Å². The number of rotatable bonds is 3. The number of nitrogens with zero attached hydrogens (tertiary/aromatic N) is 1. The van der Waals surface area contributed by atoms with Crippen LogP contribution in [0.1, 0.15) is 35.0 Å². The lowest BCUT2D eigenvalue weighted by atomic mass is 10.2. The van der Waals surface area contributed by atoms with Gasteiger partial charge in [-0.3, -0.25) is 4.79 Å². The van der Waals surface area contributed by atoms with Gasteiger partial charge in [-0.05, 0) is 36.3 Å². The van der Waals surface area contributed by atoms with Crippen molar-refractivity contribution >= 4 is 34.5 Å². The molecule has 0 spiro atoms. The molecule has 2 rings (SSSR count). The van der Waals surface area contributed by atoms with E-state index >= 15 is 0 Å². The summed E-state index contributed by atoms with van der Waals surface area (Å²) < 4.78 is 0. The summed E-state index contributed by atoms with van der Waals surface area (Å²) in [6, 6.07) is 1.97. The molecule has 1 atom stereocenters. The van der Waals surface area contributed by atoms with E-state index < -0.39 is 0 Å². The number of amides is 1. The summed E-state index contributed by atoms with van der Waals surface area (Å²) in [7, 11) is 0. The van der Waals surface area contributed by atoms with Crippen LogP contribution >= 0.6 is 23.6 Å². The van der Waals surface area contributed by atoms with Crippen LogP contribution in [0.2, 0.25) is 0 Å². The van der Waals surface area contributed by atoms with Crippen molar-refractivity contribution in [2.75, 3.05) is 6.54 Å². The molecule has 1 aromatic heterocycles. The zero-order chi connectivity index (χ0) is 12.4. The topological polar surface area (TPSA) is 46.3 Å². The Morgan fingerprint density at radius 3 is 3.12 bits per heavy atom. The van der Waals surface area contributed by atoms with E-state index in [9.17, 15) is 4.79 Å². The highest BCUT2D eigenvalue weighted by molar-refractivity contribution is 7.80. The van der Waals surface area contributed by atoms with Gasteiger partial charge in [-0.25, -0.2) is 0 Å². The largest absolute Gasteiger partial charge is 0.392 e. The molecule has 2 N–H and O–H groups in total. The quantitative estimate of drug-likeness (QED) is 0.855. The van der Waals surface area contributed by atoms with Crippen LogP contribution in [0, 0.1) is 0 Å². The van der Waals surface area contributed by atoms with E-state index in [-0.39, 0.29) is 11.9 Å². The Hall–Kier alpha value is -0.940. The number of carbonyl (C=O) groups excluding carboxylic acids is 1. The fourth-order valence-electron chi connectivity index (χ4n) is 2.24. The van der Waals surface area contributed by atoms with Gasteiger partial charge in [-0.15, -0.1) is 11.3 Å². The fraction of sp³-hybridized carbons (Fsp3) is 0.500. The third kappa shape index (κ3) is 2.35. The molecule has 92 valence electrons. The van der Waals surface area contributed by atoms with Crippen molar-refractivity contribution < 1.29 is 4.79 Å². The Labute approximate surface area is 111 Å². The minimum Gasteiger partial charge on any atom is -0.392 e. The molecule has 1 amide bonds. The van der Waals surface area contributed by atoms with Crippen molar-refractivity contribution in [3.8, 4) is 0 Å². The van der Waals surface area contributed by atoms with E-state index in [0.717, 1.165) is 36.2 Å². The Bertz CT molecular complexity index is 441. The molecule has 0 aromatic carbocycles. The molecular weight excluding hydrogens is 252 g/mol. The summed E-state index contributed by atoms with van der Waals surface area (Å²) in [6.07, 6.45) is 2.77. The maximum Gasteiger partial charge on any atom is 0.264 e. The number of hydrogen-bond acceptors (Lipinski definition) is 3. The second-order valence-electron chi connectivity index (χ2n) is 4.19. The van der Waals surface area contributed by atoms with Crippen molar-refractivity contribution in [1.29, 1.82) is 0 Å². The lowest BCUT2D eigenvalue weighted by Crippen LogP contribution is -2.42. The normalized spacial score (nSPS) is 19.6. The average molecular weight is 268 g/mol. The Morgan fingerprint density at radius 2 is 2.47 bits per heavy atom. The Balaban J connectivity index is 2.23. The van der Waals surface area contributed by atoms with Crippen LogP contribution in [-0.2, 0) is 6.42 Å². The van der Waals surface area contributed by atoms with Crippen LogP contribution in [0.25, 0.3) is 0 Å². The monoisotopic (exact) mass is 268 g/mol. The predicted octanol–water partition coefficient (Wildman–Crippen LogP) is 2.20. The highest BCUT2D eigenvalue weighted by Crippen LogP contribution is 2.25. The van der Waals surface area contributed by atoms with Crippen molar-refractivity contribution in [3.63, 3.8) is 0 Å². The van der Waals surface area contributed by atoms with E-state index in [1.54, 1.807) is 0 Å². The molecule has 1 aromatic rings. The van der Waals surface area contributed by atoms with Gasteiger partial charge in [0.1, 0.15) is 0 Å². The number of hydrogen-bond donors (Lipinski definition) is 1. The molecule has 2 heterocycles. The van der Waals surface area contributed by atoms with Crippen LogP contribution in [0.5, 0.6) is 0 Å². The number of likely N-dealkylation sites (tertiary alicyclic amines) is 1. The highest BCUT2D eigenvalue weighted by Gasteiger charge is 2.32. The van der Waals surface area contributed by atoms with Crippen molar-refractivity contribution in [1.82, 2.24) is 4.90 Å². The minimum atomic E-state index is -0.0516. The number of thiophene rings is 1. The Morgan fingerprint density at radius 1 is 1.71 bits per heavy atom. The lowest BCUT2D eigenvalue weighted by molar-refractivity contribution is 0.0774. The summed E-state index contributed by atoms with van der Waals surface area (Å²) in [4.78, 5) is 15.5. The number of carbonyl (C=O) groups is 1. The van der Waals surface area contributed by atoms with Crippen LogP contribution in [0.15, 0.2) is 11.4 Å². The second-order valence-corrected chi connectivity index (χ2v) is 5.57. The number of nitrogens with two attached hydrogens (primary N) is 1. The molecule has 0 saturated carbocycles. The molecule has 0 radical (unpaired) electrons. The molecule has 1 aliphatic heterocycles. The van der Waals surface area contributed by atoms with Crippen molar-refractivity contribution in [2.45, 2.75) is 32.2 Å². The summed E-state index contributed by atoms with van der Waals surface area (Å²) in [5.74, 6) is 0.0900. The van der Waals surface area contributed by atoms with Gasteiger partial charge in [0.25, 0.3) is 5.91 Å². The van der Waals surface area contributed by atoms with Gasteiger partial charge in [0.2, 0.25) is 0 Å². The van der Waals surface area contributed by atoms with Gasteiger partial charge in [0.05, 0.1) is 15.9 Å². The number of thiocarbonyl (C=S) groups is 1. The van der Waals surface area contributed by atoms with E-state index in [1.165, 1.54) is 11.3 Å². The van der Waals surface area contributed by atoms with E-state index in [1.807, 2.05) is 16.3 Å². The van der Waals surface area contributed by atoms with Gasteiger partial charge in [0.15, 0.2) is 0 Å². The molecule has 1 fully saturated rings. The maximum atomic E-state index is 12.4. The van der Waals surface area contributed by atoms with Gasteiger partial charge in [0, 0.05) is 6.54 Å². The first-order valence-corrected chi connectivity index (χ1v) is 7.10. The lowest BCUT2D eigenvalue weighted by Gasteiger charge is -2.23. The summed E-state index contributed by atoms with van der Waals surface area (Å²) in [5.41, 5.74) is 6.81. The minimum absolute atomic E-state index is 0.0516. The van der Waals surface area contributed by atoms with Gasteiger partial charge in [-0.2, -0.15) is 0 Å². The smallest absolute Gasteiger partial charge is 0.264 e. The fourth-order valence-corrected chi connectivity index (χ4v) is 3.43. The van der Waals surface area contributed by atoms with Crippen LogP contribution in [-0.4, -0.2) is 28.4 Å². The maximum absolute atomic E-state index is 12.4. The summed E-state index contributed by atoms with van der Waals surface area (Å²) in [6.45, 7) is 2.83. The zero-order valence-corrected chi connectivity index (χ0v) is 11.4. The van der Waals surface area contributed by atoms with Crippen LogP contribution in [0.3, 0.4) is 0 Å².